The normalized spacial score (nSPS) is 9.88. The van der Waals surface area contributed by atoms with E-state index < -0.39 is 0 Å². The summed E-state index contributed by atoms with van der Waals surface area (Å²) >= 11 is 0. The van der Waals surface area contributed by atoms with Crippen molar-refractivity contribution in [2.75, 3.05) is 0 Å². The topological polar surface area (TPSA) is 46.5 Å². The zero-order valence-corrected chi connectivity index (χ0v) is 9.38. The van der Waals surface area contributed by atoms with Crippen molar-refractivity contribution < 1.29 is 4.79 Å². The van der Waals surface area contributed by atoms with Crippen molar-refractivity contribution in [3.63, 3.8) is 0 Å². The van der Waals surface area contributed by atoms with Gasteiger partial charge in [-0.05, 0) is 17.3 Å². The van der Waals surface area contributed by atoms with Crippen LogP contribution in [0.1, 0.15) is 15.9 Å². The van der Waals surface area contributed by atoms with Crippen LogP contribution in [0.25, 0.3) is 0 Å². The minimum Gasteiger partial charge on any atom is -0.289 e. The summed E-state index contributed by atoms with van der Waals surface area (Å²) in [5, 5.41) is 2.82. The minimum absolute atomic E-state index is 0.101. The van der Waals surface area contributed by atoms with Crippen LogP contribution in [0.15, 0.2) is 53.7 Å². The molecule has 0 aromatic heterocycles. The van der Waals surface area contributed by atoms with Crippen LogP contribution in [-0.4, -0.2) is 13.6 Å². The number of carbonyl (C=O) groups is 1. The van der Waals surface area contributed by atoms with Gasteiger partial charge in [0.05, 0.1) is 0 Å². The van der Waals surface area contributed by atoms with Crippen molar-refractivity contribution in [2.24, 2.45) is 5.18 Å². The third-order valence-electron chi connectivity index (χ3n) is 2.53. The number of rotatable bonds is 3. The molecule has 0 aliphatic heterocycles. The zero-order valence-electron chi connectivity index (χ0n) is 9.38. The highest BCUT2D eigenvalue weighted by molar-refractivity contribution is 6.32. The first-order valence-corrected chi connectivity index (χ1v) is 5.25. The van der Waals surface area contributed by atoms with Crippen LogP contribution in [0.3, 0.4) is 0 Å². The second-order valence-corrected chi connectivity index (χ2v) is 3.84. The molecule has 0 spiro atoms. The van der Waals surface area contributed by atoms with Crippen molar-refractivity contribution in [3.05, 3.63) is 64.6 Å². The zero-order chi connectivity index (χ0) is 12.3. The Morgan fingerprint density at radius 1 is 1.00 bits per heavy atom. The Labute approximate surface area is 99.9 Å². The van der Waals surface area contributed by atoms with E-state index in [2.05, 4.69) is 5.18 Å². The van der Waals surface area contributed by atoms with Gasteiger partial charge in [-0.25, -0.2) is 0 Å². The molecule has 0 N–H and O–H groups in total. The van der Waals surface area contributed by atoms with E-state index in [1.807, 2.05) is 20.0 Å². The van der Waals surface area contributed by atoms with Crippen LogP contribution in [0.4, 0.5) is 5.69 Å². The summed E-state index contributed by atoms with van der Waals surface area (Å²) in [6.45, 7) is 0. The third-order valence-corrected chi connectivity index (χ3v) is 2.53. The molecular formula is C13H10BNO2. The monoisotopic (exact) mass is 223 g/mol. The van der Waals surface area contributed by atoms with Crippen molar-refractivity contribution in [2.45, 2.75) is 0 Å². The van der Waals surface area contributed by atoms with E-state index in [1.54, 1.807) is 30.3 Å². The first kappa shape index (κ1) is 11.3. The minimum atomic E-state index is -0.101. The lowest BCUT2D eigenvalue weighted by atomic mass is 9.93. The van der Waals surface area contributed by atoms with Gasteiger partial charge in [0, 0.05) is 11.1 Å². The molecule has 0 atom stereocenters. The van der Waals surface area contributed by atoms with Gasteiger partial charge in [0.1, 0.15) is 13.5 Å². The number of ketones is 1. The summed E-state index contributed by atoms with van der Waals surface area (Å²) in [7, 11) is 1.96. The maximum absolute atomic E-state index is 12.1. The van der Waals surface area contributed by atoms with Crippen molar-refractivity contribution in [1.29, 1.82) is 0 Å². The average Bonchev–Trinajstić information content (AvgIpc) is 2.39. The predicted molar refractivity (Wildman–Crippen MR) is 69.9 cm³/mol. The van der Waals surface area contributed by atoms with Gasteiger partial charge in [0.25, 0.3) is 0 Å². The summed E-state index contributed by atoms with van der Waals surface area (Å²) in [4.78, 5) is 22.5. The van der Waals surface area contributed by atoms with Crippen LogP contribution in [0.2, 0.25) is 0 Å². The van der Waals surface area contributed by atoms with E-state index in [4.69, 9.17) is 0 Å². The smallest absolute Gasteiger partial charge is 0.193 e. The molecule has 0 heterocycles. The van der Waals surface area contributed by atoms with E-state index in [1.165, 1.54) is 6.07 Å². The summed E-state index contributed by atoms with van der Waals surface area (Å²) in [6, 6.07) is 13.7. The summed E-state index contributed by atoms with van der Waals surface area (Å²) in [5.74, 6) is -0.101. The number of hydrogen-bond acceptors (Lipinski definition) is 3. The number of benzene rings is 2. The van der Waals surface area contributed by atoms with Crippen molar-refractivity contribution in [3.8, 4) is 0 Å². The second kappa shape index (κ2) is 4.74. The molecule has 3 nitrogen and oxygen atoms in total. The molecule has 0 radical (unpaired) electrons. The van der Waals surface area contributed by atoms with Gasteiger partial charge in [-0.15, -0.1) is 4.91 Å². The molecule has 2 rings (SSSR count). The van der Waals surface area contributed by atoms with E-state index in [-0.39, 0.29) is 11.5 Å². The molecule has 0 aliphatic rings. The van der Waals surface area contributed by atoms with Crippen molar-refractivity contribution >= 4 is 24.8 Å². The molecular weight excluding hydrogens is 213 g/mol. The van der Waals surface area contributed by atoms with E-state index in [0.717, 1.165) is 5.46 Å². The maximum atomic E-state index is 12.1. The number of nitroso groups, excluding NO2 is 1. The predicted octanol–water partition coefficient (Wildman–Crippen LogP) is 1.57. The fraction of sp³-hybridized carbons (Fsp3) is 0. The first-order valence-electron chi connectivity index (χ1n) is 5.25. The molecule has 2 aromatic rings. The molecule has 0 saturated carbocycles. The molecule has 0 fully saturated rings. The molecule has 2 aromatic carbocycles. The largest absolute Gasteiger partial charge is 0.289 e. The number of nitrogens with zero attached hydrogens (tertiary/aromatic N) is 1. The molecule has 0 bridgehead atoms. The first-order chi connectivity index (χ1) is 8.20. The molecule has 0 amide bonds. The maximum Gasteiger partial charge on any atom is 0.193 e. The van der Waals surface area contributed by atoms with E-state index in [0.29, 0.717) is 11.1 Å². The van der Waals surface area contributed by atoms with Crippen LogP contribution in [0, 0.1) is 4.91 Å². The quantitative estimate of drug-likeness (QED) is 0.450. The molecule has 0 saturated heterocycles. The van der Waals surface area contributed by atoms with Gasteiger partial charge < -0.3 is 0 Å². The summed E-state index contributed by atoms with van der Waals surface area (Å²) < 4.78 is 0. The van der Waals surface area contributed by atoms with Gasteiger partial charge >= 0.3 is 0 Å². The van der Waals surface area contributed by atoms with E-state index in [9.17, 15) is 9.70 Å². The summed E-state index contributed by atoms with van der Waals surface area (Å²) in [6.07, 6.45) is 0. The SMILES string of the molecule is Bc1ccc(C(=O)c2cccc(N=O)c2)cc1. The molecule has 0 unspecified atom stereocenters. The highest BCUT2D eigenvalue weighted by Crippen LogP contribution is 2.16. The summed E-state index contributed by atoms with van der Waals surface area (Å²) in [5.41, 5.74) is 2.46. The van der Waals surface area contributed by atoms with Crippen LogP contribution in [0.5, 0.6) is 0 Å². The lowest BCUT2D eigenvalue weighted by Crippen LogP contribution is -2.05. The fourth-order valence-corrected chi connectivity index (χ4v) is 1.58. The Morgan fingerprint density at radius 3 is 2.35 bits per heavy atom. The highest BCUT2D eigenvalue weighted by Gasteiger charge is 2.09. The average molecular weight is 223 g/mol. The van der Waals surface area contributed by atoms with Crippen molar-refractivity contribution in [1.82, 2.24) is 0 Å². The van der Waals surface area contributed by atoms with Crippen LogP contribution < -0.4 is 5.46 Å². The highest BCUT2D eigenvalue weighted by atomic mass is 16.3. The Balaban J connectivity index is 2.36. The lowest BCUT2D eigenvalue weighted by molar-refractivity contribution is 0.103. The van der Waals surface area contributed by atoms with Gasteiger partial charge in [-0.3, -0.25) is 4.79 Å². The van der Waals surface area contributed by atoms with Crippen LogP contribution >= 0.6 is 0 Å². The number of hydrogen-bond donors (Lipinski definition) is 0. The van der Waals surface area contributed by atoms with Gasteiger partial charge in [0.15, 0.2) is 5.78 Å². The van der Waals surface area contributed by atoms with Gasteiger partial charge in [-0.2, -0.15) is 0 Å². The Kier molecular flexibility index (Phi) is 3.14. The fourth-order valence-electron chi connectivity index (χ4n) is 1.58. The Hall–Kier alpha value is -2.23. The molecule has 0 aliphatic carbocycles. The molecule has 82 valence electrons. The van der Waals surface area contributed by atoms with Crippen LogP contribution in [-0.2, 0) is 0 Å². The second-order valence-electron chi connectivity index (χ2n) is 3.84. The number of carbonyl (C=O) groups excluding carboxylic acids is 1. The standard InChI is InChI=1S/C13H10BNO2/c14-11-6-4-9(5-7-11)13(16)10-2-1-3-12(8-10)15-17/h1-8H,14H2. The van der Waals surface area contributed by atoms with E-state index >= 15 is 0 Å². The molecule has 4 heteroatoms. The third kappa shape index (κ3) is 2.48. The lowest BCUT2D eigenvalue weighted by Gasteiger charge is -2.02. The van der Waals surface area contributed by atoms with Gasteiger partial charge in [-0.1, -0.05) is 41.9 Å². The Bertz CT molecular complexity index is 564. The molecule has 17 heavy (non-hydrogen) atoms. The Morgan fingerprint density at radius 2 is 1.71 bits per heavy atom. The van der Waals surface area contributed by atoms with Gasteiger partial charge in [0.2, 0.25) is 0 Å².